The molecular weight excluding hydrogens is 777 g/mol. The number of ether oxygens (including phenoxy) is 2. The highest BCUT2D eigenvalue weighted by Gasteiger charge is 2.16. The van der Waals surface area contributed by atoms with Gasteiger partial charge in [0.2, 0.25) is 0 Å². The average molecular weight is 869 g/mol. The number of hydrogen-bond acceptors (Lipinski definition) is 5. The molecule has 0 aromatic carbocycles. The molecule has 0 aromatic heterocycles. The Kier molecular flexibility index (Phi) is 49.1. The van der Waals surface area contributed by atoms with Gasteiger partial charge in [-0.1, -0.05) is 205 Å². The van der Waals surface area contributed by atoms with Crippen LogP contribution in [-0.4, -0.2) is 36.4 Å². The minimum Gasteiger partial charge on any atom is -0.462 e. The SMILES string of the molecule is CC/C=C\C/C=C\C/C=C\C/C=C\C/C=C\C/C=C\C/C=C\C/C=C\C/C=C\CCCCCC(=O)OC(CO)COC(=O)CCCCCCCCC/C=C\C/C=C\CCCCCC. The second kappa shape index (κ2) is 52.4. The maximum Gasteiger partial charge on any atom is 0.306 e. The molecule has 0 saturated heterocycles. The van der Waals surface area contributed by atoms with Gasteiger partial charge in [-0.15, -0.1) is 0 Å². The molecule has 0 aliphatic heterocycles. The molecule has 0 fully saturated rings. The van der Waals surface area contributed by atoms with Crippen LogP contribution in [-0.2, 0) is 19.1 Å². The van der Waals surface area contributed by atoms with Crippen LogP contribution in [0.4, 0.5) is 0 Å². The second-order valence-corrected chi connectivity index (χ2v) is 16.2. The smallest absolute Gasteiger partial charge is 0.306 e. The van der Waals surface area contributed by atoms with Crippen LogP contribution in [0.15, 0.2) is 134 Å². The van der Waals surface area contributed by atoms with Crippen molar-refractivity contribution in [1.82, 2.24) is 0 Å². The minimum absolute atomic E-state index is 0.0926. The van der Waals surface area contributed by atoms with Crippen molar-refractivity contribution in [3.05, 3.63) is 134 Å². The van der Waals surface area contributed by atoms with Crippen LogP contribution in [0.2, 0.25) is 0 Å². The fourth-order valence-corrected chi connectivity index (χ4v) is 6.40. The van der Waals surface area contributed by atoms with Gasteiger partial charge in [0.1, 0.15) is 6.61 Å². The fraction of sp³-hybridized carbons (Fsp3) is 0.586. The molecule has 1 unspecified atom stereocenters. The van der Waals surface area contributed by atoms with Crippen molar-refractivity contribution in [2.75, 3.05) is 13.2 Å². The maximum atomic E-state index is 12.3. The van der Waals surface area contributed by atoms with Crippen LogP contribution in [0.25, 0.3) is 0 Å². The number of allylic oxidation sites excluding steroid dienone is 22. The Hall–Kier alpha value is -3.96. The van der Waals surface area contributed by atoms with Crippen LogP contribution in [0, 0.1) is 0 Å². The number of aliphatic hydroxyl groups excluding tert-OH is 1. The molecule has 0 radical (unpaired) electrons. The average Bonchev–Trinajstić information content (AvgIpc) is 3.29. The van der Waals surface area contributed by atoms with Crippen LogP contribution in [0.1, 0.15) is 200 Å². The molecule has 0 aromatic rings. The predicted octanol–water partition coefficient (Wildman–Crippen LogP) is 16.9. The van der Waals surface area contributed by atoms with Gasteiger partial charge >= 0.3 is 11.9 Å². The summed E-state index contributed by atoms with van der Waals surface area (Å²) < 4.78 is 10.6. The molecule has 63 heavy (non-hydrogen) atoms. The zero-order valence-corrected chi connectivity index (χ0v) is 40.3. The number of unbranched alkanes of at least 4 members (excludes halogenated alkanes) is 14. The Bertz CT molecular complexity index is 1350. The highest BCUT2D eigenvalue weighted by atomic mass is 16.6. The molecule has 0 spiro atoms. The first-order valence-electron chi connectivity index (χ1n) is 25.2. The summed E-state index contributed by atoms with van der Waals surface area (Å²) in [5.41, 5.74) is 0. The third-order valence-electron chi connectivity index (χ3n) is 10.2. The van der Waals surface area contributed by atoms with Gasteiger partial charge in [0.05, 0.1) is 6.61 Å². The topological polar surface area (TPSA) is 72.8 Å². The van der Waals surface area contributed by atoms with Crippen molar-refractivity contribution < 1.29 is 24.2 Å². The summed E-state index contributed by atoms with van der Waals surface area (Å²) in [6, 6.07) is 0. The Morgan fingerprint density at radius 1 is 0.381 bits per heavy atom. The largest absolute Gasteiger partial charge is 0.462 e. The van der Waals surface area contributed by atoms with E-state index in [2.05, 4.69) is 148 Å². The summed E-state index contributed by atoms with van der Waals surface area (Å²) in [5.74, 6) is -0.649. The lowest BCUT2D eigenvalue weighted by Gasteiger charge is -2.15. The normalized spacial score (nSPS) is 13.4. The molecule has 1 atom stereocenters. The highest BCUT2D eigenvalue weighted by Crippen LogP contribution is 2.12. The van der Waals surface area contributed by atoms with E-state index in [1.807, 2.05) is 0 Å². The molecule has 0 heterocycles. The van der Waals surface area contributed by atoms with E-state index in [0.29, 0.717) is 12.8 Å². The first-order valence-corrected chi connectivity index (χ1v) is 25.2. The lowest BCUT2D eigenvalue weighted by Crippen LogP contribution is -2.28. The molecule has 1 N–H and O–H groups in total. The number of carbonyl (C=O) groups excluding carboxylic acids is 2. The van der Waals surface area contributed by atoms with E-state index in [1.165, 1.54) is 57.8 Å². The summed E-state index contributed by atoms with van der Waals surface area (Å²) in [4.78, 5) is 24.4. The Morgan fingerprint density at radius 2 is 0.683 bits per heavy atom. The molecule has 0 rings (SSSR count). The molecule has 5 nitrogen and oxygen atoms in total. The van der Waals surface area contributed by atoms with Crippen LogP contribution in [0.3, 0.4) is 0 Å². The molecule has 0 bridgehead atoms. The zero-order valence-electron chi connectivity index (χ0n) is 40.3. The first kappa shape index (κ1) is 59.0. The summed E-state index contributed by atoms with van der Waals surface area (Å²) >= 11 is 0. The van der Waals surface area contributed by atoms with E-state index < -0.39 is 6.10 Å². The number of aliphatic hydroxyl groups is 1. The van der Waals surface area contributed by atoms with Crippen molar-refractivity contribution in [3.8, 4) is 0 Å². The van der Waals surface area contributed by atoms with Gasteiger partial charge in [0.25, 0.3) is 0 Å². The van der Waals surface area contributed by atoms with E-state index in [-0.39, 0.29) is 25.2 Å². The van der Waals surface area contributed by atoms with Gasteiger partial charge in [0.15, 0.2) is 6.10 Å². The Labute approximate surface area is 387 Å². The third-order valence-corrected chi connectivity index (χ3v) is 10.2. The molecule has 0 saturated carbocycles. The maximum absolute atomic E-state index is 12.3. The molecule has 0 aliphatic carbocycles. The van der Waals surface area contributed by atoms with Crippen molar-refractivity contribution in [3.63, 3.8) is 0 Å². The fourth-order valence-electron chi connectivity index (χ4n) is 6.40. The zero-order chi connectivity index (χ0) is 45.6. The summed E-state index contributed by atoms with van der Waals surface area (Å²) in [6.45, 7) is 3.96. The first-order chi connectivity index (χ1) is 31.1. The Balaban J connectivity index is 3.69. The van der Waals surface area contributed by atoms with Gasteiger partial charge in [-0.05, 0) is 116 Å². The van der Waals surface area contributed by atoms with E-state index >= 15 is 0 Å². The van der Waals surface area contributed by atoms with Crippen LogP contribution < -0.4 is 0 Å². The van der Waals surface area contributed by atoms with Gasteiger partial charge in [-0.25, -0.2) is 0 Å². The number of rotatable bonds is 44. The predicted molar refractivity (Wildman–Crippen MR) is 274 cm³/mol. The summed E-state index contributed by atoms with van der Waals surface area (Å²) in [7, 11) is 0. The Morgan fingerprint density at radius 3 is 1.05 bits per heavy atom. The van der Waals surface area contributed by atoms with Crippen LogP contribution in [0.5, 0.6) is 0 Å². The number of esters is 2. The lowest BCUT2D eigenvalue weighted by molar-refractivity contribution is -0.161. The van der Waals surface area contributed by atoms with Crippen molar-refractivity contribution in [2.45, 2.75) is 206 Å². The van der Waals surface area contributed by atoms with Crippen molar-refractivity contribution in [2.24, 2.45) is 0 Å². The molecule has 5 heteroatoms. The standard InChI is InChI=1S/C58H92O5/c1-3-5-7-9-11-13-15-17-19-21-23-24-25-26-27-28-29-30-31-32-33-34-35-37-39-41-43-45-47-49-51-53-58(61)63-56(54-59)55-62-57(60)52-50-48-46-44-42-40-38-36-22-20-18-16-14-12-10-8-6-4-2/h5,7,11,13-14,16-17,19-20,22-24,26-27,29-30,32-33,35,37,41,43,56,59H,3-4,6,8-10,12,15,18,21,25,28,31,34,36,38-40,42,44-55H2,1-2H3/b7-5-,13-11-,16-14-,19-17-,22-20-,24-23-,27-26-,30-29-,33-32-,37-35-,43-41-. The molecule has 354 valence electrons. The summed E-state index contributed by atoms with van der Waals surface area (Å²) in [6.07, 6.45) is 78.2. The minimum atomic E-state index is -0.804. The van der Waals surface area contributed by atoms with E-state index in [1.54, 1.807) is 0 Å². The second-order valence-electron chi connectivity index (χ2n) is 16.2. The molecular formula is C58H92O5. The number of hydrogen-bond donors (Lipinski definition) is 1. The number of carbonyl (C=O) groups is 2. The highest BCUT2D eigenvalue weighted by molar-refractivity contribution is 5.70. The summed E-state index contributed by atoms with van der Waals surface area (Å²) in [5, 5.41) is 9.62. The van der Waals surface area contributed by atoms with Crippen molar-refractivity contribution >= 4 is 11.9 Å². The lowest BCUT2D eigenvalue weighted by atomic mass is 10.1. The van der Waals surface area contributed by atoms with E-state index in [9.17, 15) is 14.7 Å². The van der Waals surface area contributed by atoms with Gasteiger partial charge in [-0.2, -0.15) is 0 Å². The third kappa shape index (κ3) is 50.6. The van der Waals surface area contributed by atoms with Gasteiger partial charge in [0, 0.05) is 12.8 Å². The quantitative estimate of drug-likeness (QED) is 0.0375. The van der Waals surface area contributed by atoms with Crippen molar-refractivity contribution in [1.29, 1.82) is 0 Å². The van der Waals surface area contributed by atoms with Crippen LogP contribution >= 0.6 is 0 Å². The van der Waals surface area contributed by atoms with E-state index in [4.69, 9.17) is 9.47 Å². The molecule has 0 amide bonds. The monoisotopic (exact) mass is 869 g/mol. The van der Waals surface area contributed by atoms with Gasteiger partial charge < -0.3 is 14.6 Å². The molecule has 0 aliphatic rings. The van der Waals surface area contributed by atoms with Gasteiger partial charge in [-0.3, -0.25) is 9.59 Å². The van der Waals surface area contributed by atoms with E-state index in [0.717, 1.165) is 116 Å².